The van der Waals surface area contributed by atoms with Crippen molar-refractivity contribution in [3.05, 3.63) is 94.2 Å². The number of rotatable bonds is 8. The van der Waals surface area contributed by atoms with E-state index < -0.39 is 0 Å². The molecule has 4 heteroatoms. The number of likely N-dealkylation sites (N-methyl/N-ethyl adjacent to an activating group) is 1. The lowest BCUT2D eigenvalue weighted by molar-refractivity contribution is -0.131. The highest BCUT2D eigenvalue weighted by atomic mass is 32.1. The van der Waals surface area contributed by atoms with Gasteiger partial charge in [0.1, 0.15) is 0 Å². The first-order chi connectivity index (χ1) is 12.7. The van der Waals surface area contributed by atoms with Gasteiger partial charge in [-0.05, 0) is 22.6 Å². The van der Waals surface area contributed by atoms with E-state index in [2.05, 4.69) is 35.2 Å². The Kier molecular flexibility index (Phi) is 6.58. The van der Waals surface area contributed by atoms with Crippen LogP contribution in [-0.4, -0.2) is 29.3 Å². The topological polar surface area (TPSA) is 23.6 Å². The molecule has 0 saturated carbocycles. The van der Waals surface area contributed by atoms with Crippen LogP contribution in [0.25, 0.3) is 0 Å². The standard InChI is InChI=1S/C22H24N2OS/c1-23(17-21-13-8-14-26-21)22(25)18-24(15-19-9-4-2-5-10-19)16-20-11-6-3-7-12-20/h2-14H,15-18H2,1H3. The third-order valence-electron chi connectivity index (χ3n) is 4.26. The van der Waals surface area contributed by atoms with Gasteiger partial charge < -0.3 is 4.90 Å². The van der Waals surface area contributed by atoms with Gasteiger partial charge in [-0.15, -0.1) is 11.3 Å². The lowest BCUT2D eigenvalue weighted by Gasteiger charge is -2.25. The van der Waals surface area contributed by atoms with Crippen LogP contribution in [0.5, 0.6) is 0 Å². The van der Waals surface area contributed by atoms with Crippen molar-refractivity contribution in [3.63, 3.8) is 0 Å². The summed E-state index contributed by atoms with van der Waals surface area (Å²) in [5.74, 6) is 0.144. The normalized spacial score (nSPS) is 10.8. The van der Waals surface area contributed by atoms with Crippen molar-refractivity contribution in [1.82, 2.24) is 9.80 Å². The van der Waals surface area contributed by atoms with E-state index in [4.69, 9.17) is 0 Å². The third-order valence-corrected chi connectivity index (χ3v) is 5.12. The molecule has 3 nitrogen and oxygen atoms in total. The molecule has 3 aromatic rings. The van der Waals surface area contributed by atoms with Crippen molar-refractivity contribution in [2.45, 2.75) is 19.6 Å². The van der Waals surface area contributed by atoms with Gasteiger partial charge in [0.2, 0.25) is 5.91 Å². The SMILES string of the molecule is CN(Cc1cccs1)C(=O)CN(Cc1ccccc1)Cc1ccccc1. The molecule has 2 aromatic carbocycles. The molecule has 1 aromatic heterocycles. The Morgan fingerprint density at radius 2 is 1.38 bits per heavy atom. The molecule has 0 radical (unpaired) electrons. The minimum absolute atomic E-state index is 0.144. The number of carbonyl (C=O) groups is 1. The fraction of sp³-hybridized carbons (Fsp3) is 0.227. The number of nitrogens with zero attached hydrogens (tertiary/aromatic N) is 2. The molecular formula is C22H24N2OS. The summed E-state index contributed by atoms with van der Waals surface area (Å²) >= 11 is 1.69. The van der Waals surface area contributed by atoms with Gasteiger partial charge in [-0.1, -0.05) is 66.7 Å². The summed E-state index contributed by atoms with van der Waals surface area (Å²) in [7, 11) is 1.88. The monoisotopic (exact) mass is 364 g/mol. The second kappa shape index (κ2) is 9.32. The summed E-state index contributed by atoms with van der Waals surface area (Å²) < 4.78 is 0. The number of carbonyl (C=O) groups excluding carboxylic acids is 1. The van der Waals surface area contributed by atoms with Crippen LogP contribution in [0, 0.1) is 0 Å². The molecule has 134 valence electrons. The van der Waals surface area contributed by atoms with Crippen molar-refractivity contribution >= 4 is 17.2 Å². The molecular weight excluding hydrogens is 340 g/mol. The minimum atomic E-state index is 0.144. The summed E-state index contributed by atoms with van der Waals surface area (Å²) in [5, 5.41) is 2.05. The Hall–Kier alpha value is -2.43. The summed E-state index contributed by atoms with van der Waals surface area (Å²) in [4.78, 5) is 18.0. The van der Waals surface area contributed by atoms with Crippen LogP contribution < -0.4 is 0 Å². The van der Waals surface area contributed by atoms with E-state index in [0.29, 0.717) is 13.1 Å². The quantitative estimate of drug-likeness (QED) is 0.591. The molecule has 0 fully saturated rings. The van der Waals surface area contributed by atoms with Gasteiger partial charge in [0.05, 0.1) is 13.1 Å². The maximum atomic E-state index is 12.7. The number of amides is 1. The van der Waals surface area contributed by atoms with Crippen LogP contribution in [0.1, 0.15) is 16.0 Å². The maximum Gasteiger partial charge on any atom is 0.236 e. The van der Waals surface area contributed by atoms with E-state index in [1.54, 1.807) is 11.3 Å². The van der Waals surface area contributed by atoms with Crippen LogP contribution in [0.15, 0.2) is 78.2 Å². The minimum Gasteiger partial charge on any atom is -0.340 e. The predicted molar refractivity (Wildman–Crippen MR) is 108 cm³/mol. The third kappa shape index (κ3) is 5.55. The second-order valence-corrected chi connectivity index (χ2v) is 7.48. The van der Waals surface area contributed by atoms with Crippen LogP contribution in [0.4, 0.5) is 0 Å². The van der Waals surface area contributed by atoms with Crippen molar-refractivity contribution in [2.24, 2.45) is 0 Å². The highest BCUT2D eigenvalue weighted by Gasteiger charge is 2.16. The summed E-state index contributed by atoms with van der Waals surface area (Å²) in [6.07, 6.45) is 0. The summed E-state index contributed by atoms with van der Waals surface area (Å²) in [5.41, 5.74) is 2.44. The Morgan fingerprint density at radius 1 is 0.808 bits per heavy atom. The summed E-state index contributed by atoms with van der Waals surface area (Å²) in [6, 6.07) is 24.7. The number of hydrogen-bond donors (Lipinski definition) is 0. The van der Waals surface area contributed by atoms with Gasteiger partial charge in [-0.25, -0.2) is 0 Å². The zero-order valence-electron chi connectivity index (χ0n) is 15.0. The average molecular weight is 365 g/mol. The molecule has 0 aliphatic rings. The number of thiophene rings is 1. The zero-order chi connectivity index (χ0) is 18.2. The van der Waals surface area contributed by atoms with Crippen LogP contribution in [0.2, 0.25) is 0 Å². The smallest absolute Gasteiger partial charge is 0.236 e. The van der Waals surface area contributed by atoms with Crippen molar-refractivity contribution in [2.75, 3.05) is 13.6 Å². The lowest BCUT2D eigenvalue weighted by Crippen LogP contribution is -2.37. The Balaban J connectivity index is 1.66. The van der Waals surface area contributed by atoms with Gasteiger partial charge >= 0.3 is 0 Å². The van der Waals surface area contributed by atoms with E-state index in [9.17, 15) is 4.79 Å². The second-order valence-electron chi connectivity index (χ2n) is 6.45. The predicted octanol–water partition coefficient (Wildman–Crippen LogP) is 4.41. The molecule has 3 rings (SSSR count). The molecule has 0 N–H and O–H groups in total. The lowest BCUT2D eigenvalue weighted by atomic mass is 10.1. The van der Waals surface area contributed by atoms with Crippen molar-refractivity contribution in [3.8, 4) is 0 Å². The van der Waals surface area contributed by atoms with Gasteiger partial charge in [-0.3, -0.25) is 9.69 Å². The van der Waals surface area contributed by atoms with Gasteiger partial charge in [0.15, 0.2) is 0 Å². The molecule has 26 heavy (non-hydrogen) atoms. The first-order valence-electron chi connectivity index (χ1n) is 8.77. The molecule has 1 heterocycles. The average Bonchev–Trinajstić information content (AvgIpc) is 3.16. The molecule has 0 bridgehead atoms. The number of hydrogen-bond acceptors (Lipinski definition) is 3. The van der Waals surface area contributed by atoms with Crippen LogP contribution in [0.3, 0.4) is 0 Å². The fourth-order valence-electron chi connectivity index (χ4n) is 2.89. The molecule has 0 unspecified atom stereocenters. The van der Waals surface area contributed by atoms with Gasteiger partial charge in [-0.2, -0.15) is 0 Å². The van der Waals surface area contributed by atoms with E-state index in [1.807, 2.05) is 59.8 Å². The molecule has 0 aliphatic heterocycles. The highest BCUT2D eigenvalue weighted by molar-refractivity contribution is 7.09. The molecule has 0 saturated heterocycles. The Morgan fingerprint density at radius 3 is 1.88 bits per heavy atom. The largest absolute Gasteiger partial charge is 0.340 e. The Bertz CT molecular complexity index is 746. The Labute approximate surface area is 159 Å². The molecule has 0 aliphatic carbocycles. The molecule has 0 atom stereocenters. The van der Waals surface area contributed by atoms with Crippen molar-refractivity contribution in [1.29, 1.82) is 0 Å². The van der Waals surface area contributed by atoms with E-state index >= 15 is 0 Å². The van der Waals surface area contributed by atoms with Gasteiger partial charge in [0.25, 0.3) is 0 Å². The zero-order valence-corrected chi connectivity index (χ0v) is 15.9. The highest BCUT2D eigenvalue weighted by Crippen LogP contribution is 2.13. The first-order valence-corrected chi connectivity index (χ1v) is 9.65. The van der Waals surface area contributed by atoms with Crippen LogP contribution in [-0.2, 0) is 24.4 Å². The maximum absolute atomic E-state index is 12.7. The molecule has 1 amide bonds. The summed E-state index contributed by atoms with van der Waals surface area (Å²) in [6.45, 7) is 2.59. The first kappa shape index (κ1) is 18.4. The fourth-order valence-corrected chi connectivity index (χ4v) is 3.64. The van der Waals surface area contributed by atoms with Crippen molar-refractivity contribution < 1.29 is 4.79 Å². The van der Waals surface area contributed by atoms with Gasteiger partial charge in [0, 0.05) is 25.0 Å². The molecule has 0 spiro atoms. The van der Waals surface area contributed by atoms with E-state index in [1.165, 1.54) is 16.0 Å². The number of benzene rings is 2. The van der Waals surface area contributed by atoms with Crippen LogP contribution >= 0.6 is 11.3 Å². The van der Waals surface area contributed by atoms with E-state index in [0.717, 1.165) is 13.1 Å². The van der Waals surface area contributed by atoms with E-state index in [-0.39, 0.29) is 5.91 Å².